The lowest BCUT2D eigenvalue weighted by Crippen LogP contribution is -2.54. The quantitative estimate of drug-likeness (QED) is 0.781. The number of aliphatic carboxylic acids is 1. The maximum Gasteiger partial charge on any atom is 0.315 e. The van der Waals surface area contributed by atoms with E-state index < -0.39 is 11.9 Å². The van der Waals surface area contributed by atoms with Gasteiger partial charge in [-0.15, -0.1) is 0 Å². The van der Waals surface area contributed by atoms with E-state index in [9.17, 15) is 9.59 Å². The summed E-state index contributed by atoms with van der Waals surface area (Å²) in [6, 6.07) is 0. The molecule has 0 aromatic carbocycles. The smallest absolute Gasteiger partial charge is 0.315 e. The van der Waals surface area contributed by atoms with Crippen LogP contribution < -0.4 is 0 Å². The molecule has 108 valence electrons. The van der Waals surface area contributed by atoms with Crippen LogP contribution in [0.2, 0.25) is 0 Å². The number of carboxylic acid groups (broad SMARTS) is 1. The minimum atomic E-state index is -0.954. The molecule has 1 aliphatic carbocycles. The molecule has 0 spiro atoms. The van der Waals surface area contributed by atoms with Crippen molar-refractivity contribution in [1.82, 2.24) is 4.90 Å². The Morgan fingerprint density at radius 1 is 1.21 bits per heavy atom. The van der Waals surface area contributed by atoms with Crippen LogP contribution >= 0.6 is 0 Å². The van der Waals surface area contributed by atoms with Crippen LogP contribution in [0.3, 0.4) is 0 Å². The summed E-state index contributed by atoms with van der Waals surface area (Å²) in [4.78, 5) is 25.1. The molecule has 0 aromatic rings. The number of rotatable bonds is 2. The van der Waals surface area contributed by atoms with Gasteiger partial charge in [0, 0.05) is 25.0 Å². The summed E-state index contributed by atoms with van der Waals surface area (Å²) < 4.78 is 0. The fourth-order valence-corrected chi connectivity index (χ4v) is 3.52. The van der Waals surface area contributed by atoms with Crippen molar-refractivity contribution in [3.05, 3.63) is 0 Å². The number of piperidine rings is 1. The Balaban J connectivity index is 2.06. The van der Waals surface area contributed by atoms with Gasteiger partial charge in [0.05, 0.1) is 0 Å². The fraction of sp³-hybridized carbons (Fsp3) is 0.867. The largest absolute Gasteiger partial charge is 0.481 e. The third kappa shape index (κ3) is 3.35. The van der Waals surface area contributed by atoms with Crippen molar-refractivity contribution < 1.29 is 14.7 Å². The predicted octanol–water partition coefficient (Wildman–Crippen LogP) is 2.46. The number of nitrogens with zero attached hydrogens (tertiary/aromatic N) is 1. The highest BCUT2D eigenvalue weighted by atomic mass is 16.4. The molecule has 1 saturated heterocycles. The molecule has 2 aliphatic rings. The van der Waals surface area contributed by atoms with Crippen LogP contribution in [0, 0.1) is 5.92 Å². The van der Waals surface area contributed by atoms with Crippen molar-refractivity contribution in [2.24, 2.45) is 5.92 Å². The number of carbonyl (C=O) groups excluding carboxylic acids is 1. The van der Waals surface area contributed by atoms with E-state index in [2.05, 4.69) is 11.8 Å². The van der Waals surface area contributed by atoms with Crippen LogP contribution in [0.15, 0.2) is 0 Å². The first-order chi connectivity index (χ1) is 9.03. The maximum absolute atomic E-state index is 11.7. The first-order valence-electron chi connectivity index (χ1n) is 7.53. The molecule has 0 radical (unpaired) electrons. The lowest BCUT2D eigenvalue weighted by Gasteiger charge is -2.45. The van der Waals surface area contributed by atoms with Gasteiger partial charge < -0.3 is 5.11 Å². The molecule has 4 heteroatoms. The van der Waals surface area contributed by atoms with Gasteiger partial charge in [0.25, 0.3) is 0 Å². The van der Waals surface area contributed by atoms with Gasteiger partial charge in [-0.3, -0.25) is 14.5 Å². The van der Waals surface area contributed by atoms with Crippen LogP contribution in [-0.2, 0) is 9.59 Å². The minimum absolute atomic E-state index is 0.0921. The zero-order valence-electron chi connectivity index (χ0n) is 11.9. The molecule has 0 amide bonds. The van der Waals surface area contributed by atoms with Crippen molar-refractivity contribution >= 4 is 11.8 Å². The second-order valence-electron chi connectivity index (χ2n) is 6.32. The van der Waals surface area contributed by atoms with Gasteiger partial charge in [-0.2, -0.15) is 0 Å². The van der Waals surface area contributed by atoms with Crippen LogP contribution in [0.1, 0.15) is 58.3 Å². The van der Waals surface area contributed by atoms with Gasteiger partial charge in [0.1, 0.15) is 11.7 Å². The summed E-state index contributed by atoms with van der Waals surface area (Å²) in [5, 5.41) is 9.16. The van der Waals surface area contributed by atoms with Gasteiger partial charge in [0.15, 0.2) is 0 Å². The number of carbonyl (C=O) groups is 2. The standard InChI is InChI=1S/C15H25NO3/c1-15(8-5-3-2-4-6-9-15)16-10-7-13(17)12(11-16)14(18)19/h12H,2-11H2,1H3,(H,18,19). The number of carboxylic acids is 1. The molecule has 1 N–H and O–H groups in total. The van der Waals surface area contributed by atoms with E-state index in [1.54, 1.807) is 0 Å². The Morgan fingerprint density at radius 3 is 2.37 bits per heavy atom. The zero-order chi connectivity index (χ0) is 13.9. The van der Waals surface area contributed by atoms with Crippen molar-refractivity contribution in [1.29, 1.82) is 0 Å². The molecule has 1 heterocycles. The number of Topliss-reactive ketones (excluding diaryl/α,β-unsaturated/α-hetero) is 1. The molecule has 1 atom stereocenters. The molecular weight excluding hydrogens is 242 g/mol. The van der Waals surface area contributed by atoms with Crippen LogP contribution in [0.4, 0.5) is 0 Å². The average Bonchev–Trinajstić information content (AvgIpc) is 2.34. The van der Waals surface area contributed by atoms with Crippen molar-refractivity contribution in [2.45, 2.75) is 63.8 Å². The summed E-state index contributed by atoms with van der Waals surface area (Å²) in [7, 11) is 0. The van der Waals surface area contributed by atoms with E-state index in [0.717, 1.165) is 19.4 Å². The first kappa shape index (κ1) is 14.5. The molecule has 1 aliphatic heterocycles. The van der Waals surface area contributed by atoms with E-state index in [1.807, 2.05) is 0 Å². The van der Waals surface area contributed by atoms with Gasteiger partial charge in [0.2, 0.25) is 0 Å². The van der Waals surface area contributed by atoms with Gasteiger partial charge in [-0.05, 0) is 19.8 Å². The van der Waals surface area contributed by atoms with Crippen LogP contribution in [-0.4, -0.2) is 40.4 Å². The summed E-state index contributed by atoms with van der Waals surface area (Å²) >= 11 is 0. The zero-order valence-corrected chi connectivity index (χ0v) is 11.9. The Bertz CT molecular complexity index is 345. The summed E-state index contributed by atoms with van der Waals surface area (Å²) in [6.45, 7) is 3.40. The van der Waals surface area contributed by atoms with E-state index in [1.165, 1.54) is 32.1 Å². The third-order valence-electron chi connectivity index (χ3n) is 4.91. The highest BCUT2D eigenvalue weighted by molar-refractivity contribution is 5.99. The first-order valence-corrected chi connectivity index (χ1v) is 7.53. The Morgan fingerprint density at radius 2 is 1.79 bits per heavy atom. The van der Waals surface area contributed by atoms with E-state index >= 15 is 0 Å². The lowest BCUT2D eigenvalue weighted by atomic mass is 9.81. The minimum Gasteiger partial charge on any atom is -0.481 e. The third-order valence-corrected chi connectivity index (χ3v) is 4.91. The Hall–Kier alpha value is -0.900. The van der Waals surface area contributed by atoms with Crippen molar-refractivity contribution in [2.75, 3.05) is 13.1 Å². The highest BCUT2D eigenvalue weighted by Gasteiger charge is 2.40. The molecule has 2 rings (SSSR count). The monoisotopic (exact) mass is 267 g/mol. The van der Waals surface area contributed by atoms with Gasteiger partial charge in [-0.1, -0.05) is 32.1 Å². The second kappa shape index (κ2) is 6.04. The number of ketones is 1. The van der Waals surface area contributed by atoms with Gasteiger partial charge in [-0.25, -0.2) is 0 Å². The van der Waals surface area contributed by atoms with Gasteiger partial charge >= 0.3 is 5.97 Å². The van der Waals surface area contributed by atoms with Crippen LogP contribution in [0.5, 0.6) is 0 Å². The average molecular weight is 267 g/mol. The molecule has 0 aromatic heterocycles. The van der Waals surface area contributed by atoms with Crippen LogP contribution in [0.25, 0.3) is 0 Å². The summed E-state index contributed by atoms with van der Waals surface area (Å²) in [5.41, 5.74) is 0.0921. The SMILES string of the molecule is CC1(N2CCC(=O)C(C(=O)O)C2)CCCCCCC1. The lowest BCUT2D eigenvalue weighted by molar-refractivity contribution is -0.150. The summed E-state index contributed by atoms with van der Waals surface area (Å²) in [5.74, 6) is -1.86. The van der Waals surface area contributed by atoms with Crippen molar-refractivity contribution in [3.63, 3.8) is 0 Å². The Labute approximate surface area is 115 Å². The molecule has 2 fully saturated rings. The number of hydrogen-bond acceptors (Lipinski definition) is 3. The summed E-state index contributed by atoms with van der Waals surface area (Å²) in [6.07, 6.45) is 8.99. The van der Waals surface area contributed by atoms with E-state index in [4.69, 9.17) is 5.11 Å². The number of hydrogen-bond donors (Lipinski definition) is 1. The van der Waals surface area contributed by atoms with Crippen molar-refractivity contribution in [3.8, 4) is 0 Å². The molecule has 4 nitrogen and oxygen atoms in total. The fourth-order valence-electron chi connectivity index (χ4n) is 3.52. The molecule has 0 bridgehead atoms. The second-order valence-corrected chi connectivity index (χ2v) is 6.32. The highest BCUT2D eigenvalue weighted by Crippen LogP contribution is 2.33. The molecule has 19 heavy (non-hydrogen) atoms. The topological polar surface area (TPSA) is 57.6 Å². The maximum atomic E-state index is 11.7. The number of likely N-dealkylation sites (tertiary alicyclic amines) is 1. The predicted molar refractivity (Wildman–Crippen MR) is 73.0 cm³/mol. The molecule has 1 unspecified atom stereocenters. The Kier molecular flexibility index (Phi) is 4.61. The normalized spacial score (nSPS) is 29.5. The van der Waals surface area contributed by atoms with E-state index in [-0.39, 0.29) is 11.3 Å². The van der Waals surface area contributed by atoms with E-state index in [0.29, 0.717) is 13.0 Å². The molecular formula is C15H25NO3. The molecule has 1 saturated carbocycles.